The zero-order valence-electron chi connectivity index (χ0n) is 9.65. The highest BCUT2D eigenvalue weighted by Crippen LogP contribution is 2.07. The van der Waals surface area contributed by atoms with Crippen LogP contribution in [0.25, 0.3) is 0 Å². The molecule has 88 valence electrons. The van der Waals surface area contributed by atoms with E-state index in [2.05, 4.69) is 10.3 Å². The minimum Gasteiger partial charge on any atom is -0.481 e. The fourth-order valence-electron chi connectivity index (χ4n) is 1.03. The number of hydrogen-bond donors (Lipinski definition) is 2. The first-order valence-corrected chi connectivity index (χ1v) is 4.93. The van der Waals surface area contributed by atoms with Crippen LogP contribution in [0.15, 0.2) is 18.3 Å². The van der Waals surface area contributed by atoms with Crippen LogP contribution in [0.2, 0.25) is 0 Å². The Morgan fingerprint density at radius 3 is 2.69 bits per heavy atom. The van der Waals surface area contributed by atoms with Gasteiger partial charge in [-0.2, -0.15) is 0 Å². The summed E-state index contributed by atoms with van der Waals surface area (Å²) in [6.07, 6.45) is 1.61. The second-order valence-electron chi connectivity index (χ2n) is 3.95. The van der Waals surface area contributed by atoms with Crippen LogP contribution in [0.1, 0.15) is 19.4 Å². The number of ether oxygens (including phenoxy) is 1. The minimum atomic E-state index is -1.36. The minimum absolute atomic E-state index is 0.333. The van der Waals surface area contributed by atoms with Gasteiger partial charge in [-0.25, -0.2) is 4.98 Å². The lowest BCUT2D eigenvalue weighted by molar-refractivity contribution is -0.136. The quantitative estimate of drug-likeness (QED) is 0.780. The predicted molar refractivity (Wildman–Crippen MR) is 58.9 cm³/mol. The van der Waals surface area contributed by atoms with E-state index in [9.17, 15) is 9.90 Å². The van der Waals surface area contributed by atoms with Crippen LogP contribution >= 0.6 is 0 Å². The second kappa shape index (κ2) is 4.94. The van der Waals surface area contributed by atoms with Gasteiger partial charge in [-0.05, 0) is 19.4 Å². The van der Waals surface area contributed by atoms with E-state index in [1.54, 1.807) is 18.3 Å². The van der Waals surface area contributed by atoms with Crippen molar-refractivity contribution in [3.63, 3.8) is 0 Å². The first-order valence-electron chi connectivity index (χ1n) is 4.93. The summed E-state index contributed by atoms with van der Waals surface area (Å²) < 4.78 is 4.91. The van der Waals surface area contributed by atoms with E-state index < -0.39 is 11.5 Å². The maximum atomic E-state index is 11.4. The number of carbonyl (C=O) groups excluding carboxylic acids is 1. The summed E-state index contributed by atoms with van der Waals surface area (Å²) in [6, 6.07) is 3.52. The van der Waals surface area contributed by atoms with Crippen LogP contribution in [0.5, 0.6) is 5.88 Å². The third-order valence-electron chi connectivity index (χ3n) is 2.02. The van der Waals surface area contributed by atoms with Crippen molar-refractivity contribution in [2.24, 2.45) is 0 Å². The maximum absolute atomic E-state index is 11.4. The summed E-state index contributed by atoms with van der Waals surface area (Å²) in [5.41, 5.74) is -0.515. The fourth-order valence-corrected chi connectivity index (χ4v) is 1.03. The molecule has 0 aliphatic carbocycles. The highest BCUT2D eigenvalue weighted by molar-refractivity contribution is 5.83. The third kappa shape index (κ3) is 3.51. The number of aliphatic hydroxyl groups is 1. The molecule has 0 atom stereocenters. The number of rotatable bonds is 4. The largest absolute Gasteiger partial charge is 0.481 e. The molecule has 5 heteroatoms. The summed E-state index contributed by atoms with van der Waals surface area (Å²) >= 11 is 0. The Bertz CT molecular complexity index is 354. The molecule has 0 fully saturated rings. The number of pyridine rings is 1. The molecule has 1 amide bonds. The SMILES string of the molecule is COc1ccc(CNC(=O)C(C)(C)O)cn1. The average Bonchev–Trinajstić information content (AvgIpc) is 2.25. The van der Waals surface area contributed by atoms with Crippen molar-refractivity contribution < 1.29 is 14.6 Å². The van der Waals surface area contributed by atoms with Gasteiger partial charge in [0.2, 0.25) is 5.88 Å². The Balaban J connectivity index is 2.52. The summed E-state index contributed by atoms with van der Waals surface area (Å²) in [4.78, 5) is 15.4. The van der Waals surface area contributed by atoms with Crippen molar-refractivity contribution in [3.05, 3.63) is 23.9 Å². The Morgan fingerprint density at radius 2 is 2.25 bits per heavy atom. The summed E-state index contributed by atoms with van der Waals surface area (Å²) in [6.45, 7) is 3.21. The smallest absolute Gasteiger partial charge is 0.251 e. The molecule has 1 rings (SSSR count). The van der Waals surface area contributed by atoms with Crippen molar-refractivity contribution in [3.8, 4) is 5.88 Å². The molecule has 0 aliphatic rings. The highest BCUT2D eigenvalue weighted by atomic mass is 16.5. The topological polar surface area (TPSA) is 71.5 Å². The molecular weight excluding hydrogens is 208 g/mol. The first kappa shape index (κ1) is 12.4. The lowest BCUT2D eigenvalue weighted by Crippen LogP contribution is -2.41. The fraction of sp³-hybridized carbons (Fsp3) is 0.455. The third-order valence-corrected chi connectivity index (χ3v) is 2.02. The molecule has 0 saturated carbocycles. The van der Waals surface area contributed by atoms with Gasteiger partial charge in [0.1, 0.15) is 5.60 Å². The van der Waals surface area contributed by atoms with Gasteiger partial charge in [0, 0.05) is 18.8 Å². The Morgan fingerprint density at radius 1 is 1.56 bits per heavy atom. The van der Waals surface area contributed by atoms with Crippen LogP contribution in [0.3, 0.4) is 0 Å². The van der Waals surface area contributed by atoms with Gasteiger partial charge in [0.05, 0.1) is 7.11 Å². The van der Waals surface area contributed by atoms with Gasteiger partial charge < -0.3 is 15.2 Å². The number of amides is 1. The lowest BCUT2D eigenvalue weighted by Gasteiger charge is -2.16. The van der Waals surface area contributed by atoms with Gasteiger partial charge in [0.15, 0.2) is 0 Å². The van der Waals surface area contributed by atoms with E-state index in [0.29, 0.717) is 12.4 Å². The number of hydrogen-bond acceptors (Lipinski definition) is 4. The zero-order chi connectivity index (χ0) is 12.2. The molecule has 0 spiro atoms. The molecule has 0 unspecified atom stereocenters. The van der Waals surface area contributed by atoms with E-state index in [-0.39, 0.29) is 0 Å². The zero-order valence-corrected chi connectivity index (χ0v) is 9.65. The van der Waals surface area contributed by atoms with E-state index >= 15 is 0 Å². The van der Waals surface area contributed by atoms with Gasteiger partial charge >= 0.3 is 0 Å². The molecule has 1 aromatic heterocycles. The monoisotopic (exact) mass is 224 g/mol. The Labute approximate surface area is 94.5 Å². The van der Waals surface area contributed by atoms with Gasteiger partial charge in [0.25, 0.3) is 5.91 Å². The number of carbonyl (C=O) groups is 1. The van der Waals surface area contributed by atoms with Gasteiger partial charge in [-0.15, -0.1) is 0 Å². The van der Waals surface area contributed by atoms with Crippen LogP contribution in [-0.4, -0.2) is 28.7 Å². The standard InChI is InChI=1S/C11H16N2O3/c1-11(2,15)10(14)13-7-8-4-5-9(16-3)12-6-8/h4-6,15H,7H2,1-3H3,(H,13,14). The molecule has 5 nitrogen and oxygen atoms in total. The summed E-state index contributed by atoms with van der Waals surface area (Å²) in [5, 5.41) is 12.0. The normalized spacial score (nSPS) is 11.0. The molecule has 2 N–H and O–H groups in total. The van der Waals surface area contributed by atoms with Crippen molar-refractivity contribution >= 4 is 5.91 Å². The summed E-state index contributed by atoms with van der Waals surface area (Å²) in [5.74, 6) is 0.112. The maximum Gasteiger partial charge on any atom is 0.251 e. The lowest BCUT2D eigenvalue weighted by atomic mass is 10.1. The number of aromatic nitrogens is 1. The molecule has 0 saturated heterocycles. The molecule has 16 heavy (non-hydrogen) atoms. The molecule has 0 aliphatic heterocycles. The second-order valence-corrected chi connectivity index (χ2v) is 3.95. The van der Waals surface area contributed by atoms with Crippen LogP contribution < -0.4 is 10.1 Å². The Hall–Kier alpha value is -1.62. The number of nitrogens with zero attached hydrogens (tertiary/aromatic N) is 1. The van der Waals surface area contributed by atoms with Crippen LogP contribution in [0, 0.1) is 0 Å². The van der Waals surface area contributed by atoms with Gasteiger partial charge in [-0.3, -0.25) is 4.79 Å². The molecule has 0 bridgehead atoms. The van der Waals surface area contributed by atoms with E-state index in [1.807, 2.05) is 0 Å². The van der Waals surface area contributed by atoms with Crippen molar-refractivity contribution in [2.45, 2.75) is 26.0 Å². The van der Waals surface area contributed by atoms with E-state index in [1.165, 1.54) is 21.0 Å². The first-order chi connectivity index (χ1) is 7.43. The average molecular weight is 224 g/mol. The summed E-state index contributed by atoms with van der Waals surface area (Å²) in [7, 11) is 1.54. The highest BCUT2D eigenvalue weighted by Gasteiger charge is 2.22. The van der Waals surface area contributed by atoms with E-state index in [0.717, 1.165) is 5.56 Å². The molecule has 1 aromatic rings. The Kier molecular flexibility index (Phi) is 3.84. The van der Waals surface area contributed by atoms with Crippen LogP contribution in [0.4, 0.5) is 0 Å². The van der Waals surface area contributed by atoms with Crippen LogP contribution in [-0.2, 0) is 11.3 Å². The molecule has 1 heterocycles. The number of nitrogens with one attached hydrogen (secondary N) is 1. The van der Waals surface area contributed by atoms with Gasteiger partial charge in [-0.1, -0.05) is 6.07 Å². The predicted octanol–water partition coefficient (Wildman–Crippen LogP) is 0.477. The number of methoxy groups -OCH3 is 1. The van der Waals surface area contributed by atoms with E-state index in [4.69, 9.17) is 4.74 Å². The molecular formula is C11H16N2O3. The molecule has 0 radical (unpaired) electrons. The molecule has 0 aromatic carbocycles. The van der Waals surface area contributed by atoms with Crippen molar-refractivity contribution in [2.75, 3.05) is 7.11 Å². The van der Waals surface area contributed by atoms with Crippen molar-refractivity contribution in [1.82, 2.24) is 10.3 Å². The van der Waals surface area contributed by atoms with Crippen molar-refractivity contribution in [1.29, 1.82) is 0 Å².